The van der Waals surface area contributed by atoms with Crippen molar-refractivity contribution in [1.82, 2.24) is 14.9 Å². The third-order valence-corrected chi connectivity index (χ3v) is 3.94. The van der Waals surface area contributed by atoms with Crippen LogP contribution in [0, 0.1) is 12.7 Å². The molecule has 1 atom stereocenters. The van der Waals surface area contributed by atoms with Gasteiger partial charge in [0, 0.05) is 6.04 Å². The number of aromatic nitrogens is 2. The summed E-state index contributed by atoms with van der Waals surface area (Å²) in [6.45, 7) is 5.06. The Kier molecular flexibility index (Phi) is 4.99. The third kappa shape index (κ3) is 3.81. The molecule has 0 radical (unpaired) electrons. The van der Waals surface area contributed by atoms with Crippen molar-refractivity contribution in [3.63, 3.8) is 0 Å². The van der Waals surface area contributed by atoms with Gasteiger partial charge in [0.2, 0.25) is 0 Å². The van der Waals surface area contributed by atoms with Crippen molar-refractivity contribution in [3.05, 3.63) is 46.2 Å². The fourth-order valence-corrected chi connectivity index (χ4v) is 2.71. The van der Waals surface area contributed by atoms with E-state index in [1.807, 2.05) is 19.1 Å². The standard InChI is InChI=1S/C14H18FN3S/c1-3-8-16-13(14-10(2)17-18-19-14)9-11-4-6-12(15)7-5-11/h4-7,13,16H,3,8-9H2,1-2H3. The van der Waals surface area contributed by atoms with Gasteiger partial charge >= 0.3 is 0 Å². The summed E-state index contributed by atoms with van der Waals surface area (Å²) >= 11 is 1.43. The van der Waals surface area contributed by atoms with Gasteiger partial charge in [-0.25, -0.2) is 4.39 Å². The molecule has 0 spiro atoms. The number of halogens is 1. The maximum absolute atomic E-state index is 12.9. The molecule has 0 aliphatic heterocycles. The van der Waals surface area contributed by atoms with Crippen LogP contribution in [0.1, 0.15) is 35.5 Å². The van der Waals surface area contributed by atoms with Gasteiger partial charge in [0.15, 0.2) is 0 Å². The van der Waals surface area contributed by atoms with E-state index in [1.165, 1.54) is 23.7 Å². The minimum atomic E-state index is -0.197. The normalized spacial score (nSPS) is 12.6. The Morgan fingerprint density at radius 2 is 2.05 bits per heavy atom. The summed E-state index contributed by atoms with van der Waals surface area (Å²) in [5, 5.41) is 7.58. The quantitative estimate of drug-likeness (QED) is 0.882. The van der Waals surface area contributed by atoms with Crippen LogP contribution < -0.4 is 5.32 Å². The lowest BCUT2D eigenvalue weighted by molar-refractivity contribution is 0.533. The lowest BCUT2D eigenvalue weighted by Gasteiger charge is -2.17. The van der Waals surface area contributed by atoms with Gasteiger partial charge in [0.1, 0.15) is 5.82 Å². The smallest absolute Gasteiger partial charge is 0.123 e. The molecule has 102 valence electrons. The summed E-state index contributed by atoms with van der Waals surface area (Å²) < 4.78 is 16.9. The topological polar surface area (TPSA) is 37.8 Å². The molecule has 0 saturated heterocycles. The third-order valence-electron chi connectivity index (χ3n) is 3.00. The summed E-state index contributed by atoms with van der Waals surface area (Å²) in [6.07, 6.45) is 1.90. The van der Waals surface area contributed by atoms with Gasteiger partial charge < -0.3 is 5.32 Å². The fourth-order valence-electron chi connectivity index (χ4n) is 1.99. The minimum absolute atomic E-state index is 0.197. The van der Waals surface area contributed by atoms with Crippen molar-refractivity contribution < 1.29 is 4.39 Å². The van der Waals surface area contributed by atoms with Crippen molar-refractivity contribution in [3.8, 4) is 0 Å². The highest BCUT2D eigenvalue weighted by molar-refractivity contribution is 7.05. The average Bonchev–Trinajstić information content (AvgIpc) is 2.83. The number of nitrogens with one attached hydrogen (secondary N) is 1. The molecule has 0 aliphatic rings. The maximum Gasteiger partial charge on any atom is 0.123 e. The minimum Gasteiger partial charge on any atom is -0.309 e. The van der Waals surface area contributed by atoms with E-state index >= 15 is 0 Å². The maximum atomic E-state index is 12.9. The Hall–Kier alpha value is -1.33. The number of nitrogens with zero attached hydrogens (tertiary/aromatic N) is 2. The summed E-state index contributed by atoms with van der Waals surface area (Å²) in [7, 11) is 0. The van der Waals surface area contributed by atoms with Gasteiger partial charge in [-0.15, -0.1) is 5.10 Å². The molecule has 3 nitrogen and oxygen atoms in total. The Morgan fingerprint density at radius 1 is 1.32 bits per heavy atom. The van der Waals surface area contributed by atoms with Crippen LogP contribution in [0.4, 0.5) is 4.39 Å². The number of benzene rings is 1. The number of aryl methyl sites for hydroxylation is 1. The molecule has 1 N–H and O–H groups in total. The zero-order valence-electron chi connectivity index (χ0n) is 11.2. The molecule has 1 heterocycles. The second-order valence-corrected chi connectivity index (χ2v) is 5.35. The van der Waals surface area contributed by atoms with Crippen LogP contribution in [-0.4, -0.2) is 16.1 Å². The predicted octanol–water partition coefficient (Wildman–Crippen LogP) is 3.27. The van der Waals surface area contributed by atoms with E-state index < -0.39 is 0 Å². The van der Waals surface area contributed by atoms with Gasteiger partial charge in [0.05, 0.1) is 10.6 Å². The number of hydrogen-bond acceptors (Lipinski definition) is 4. The molecule has 0 bridgehead atoms. The van der Waals surface area contributed by atoms with Gasteiger partial charge in [-0.2, -0.15) is 0 Å². The summed E-state index contributed by atoms with van der Waals surface area (Å²) in [4.78, 5) is 1.16. The first-order chi connectivity index (χ1) is 9.20. The van der Waals surface area contributed by atoms with E-state index in [2.05, 4.69) is 21.8 Å². The predicted molar refractivity (Wildman–Crippen MR) is 75.8 cm³/mol. The van der Waals surface area contributed by atoms with Crippen LogP contribution in [0.3, 0.4) is 0 Å². The molecule has 1 aromatic carbocycles. The second-order valence-electron chi connectivity index (χ2n) is 4.56. The zero-order valence-corrected chi connectivity index (χ0v) is 12.0. The lowest BCUT2D eigenvalue weighted by Crippen LogP contribution is -2.24. The lowest BCUT2D eigenvalue weighted by atomic mass is 10.0. The van der Waals surface area contributed by atoms with E-state index in [4.69, 9.17) is 0 Å². The van der Waals surface area contributed by atoms with E-state index in [9.17, 15) is 4.39 Å². The zero-order chi connectivity index (χ0) is 13.7. The highest BCUT2D eigenvalue weighted by Crippen LogP contribution is 2.23. The second kappa shape index (κ2) is 6.73. The largest absolute Gasteiger partial charge is 0.309 e. The van der Waals surface area contributed by atoms with Crippen molar-refractivity contribution in [2.24, 2.45) is 0 Å². The van der Waals surface area contributed by atoms with Crippen molar-refractivity contribution >= 4 is 11.5 Å². The summed E-state index contributed by atoms with van der Waals surface area (Å²) in [5.74, 6) is -0.197. The SMILES string of the molecule is CCCNC(Cc1ccc(F)cc1)c1snnc1C. The van der Waals surface area contributed by atoms with Crippen molar-refractivity contribution in [1.29, 1.82) is 0 Å². The molecule has 1 unspecified atom stereocenters. The van der Waals surface area contributed by atoms with Crippen molar-refractivity contribution in [2.75, 3.05) is 6.54 Å². The first kappa shape index (κ1) is 14.1. The molecule has 0 fully saturated rings. The van der Waals surface area contributed by atoms with Crippen molar-refractivity contribution in [2.45, 2.75) is 32.7 Å². The Morgan fingerprint density at radius 3 is 2.63 bits per heavy atom. The van der Waals surface area contributed by atoms with Crippen LogP contribution in [0.5, 0.6) is 0 Å². The Bertz CT molecular complexity index is 510. The van der Waals surface area contributed by atoms with E-state index in [-0.39, 0.29) is 11.9 Å². The number of rotatable bonds is 6. The molecular formula is C14H18FN3S. The van der Waals surface area contributed by atoms with Crippen LogP contribution in [0.25, 0.3) is 0 Å². The van der Waals surface area contributed by atoms with Crippen LogP contribution in [-0.2, 0) is 6.42 Å². The van der Waals surface area contributed by atoms with E-state index in [1.54, 1.807) is 0 Å². The first-order valence-electron chi connectivity index (χ1n) is 6.47. The molecule has 1 aromatic heterocycles. The Balaban J connectivity index is 2.14. The molecule has 2 aromatic rings. The fraction of sp³-hybridized carbons (Fsp3) is 0.429. The average molecular weight is 279 g/mol. The Labute approximate surface area is 117 Å². The van der Waals surface area contributed by atoms with Gasteiger partial charge in [-0.1, -0.05) is 23.5 Å². The molecule has 2 rings (SSSR count). The van der Waals surface area contributed by atoms with Crippen LogP contribution >= 0.6 is 11.5 Å². The van der Waals surface area contributed by atoms with Gasteiger partial charge in [-0.05, 0) is 55.5 Å². The highest BCUT2D eigenvalue weighted by atomic mass is 32.1. The van der Waals surface area contributed by atoms with Gasteiger partial charge in [0.25, 0.3) is 0 Å². The summed E-state index contributed by atoms with van der Waals surface area (Å²) in [6, 6.07) is 6.87. The molecule has 0 aliphatic carbocycles. The van der Waals surface area contributed by atoms with Gasteiger partial charge in [-0.3, -0.25) is 0 Å². The van der Waals surface area contributed by atoms with Crippen LogP contribution in [0.2, 0.25) is 0 Å². The molecule has 0 amide bonds. The van der Waals surface area contributed by atoms with E-state index in [0.717, 1.165) is 35.5 Å². The molecular weight excluding hydrogens is 261 g/mol. The highest BCUT2D eigenvalue weighted by Gasteiger charge is 2.17. The first-order valence-corrected chi connectivity index (χ1v) is 7.24. The summed E-state index contributed by atoms with van der Waals surface area (Å²) in [5.41, 5.74) is 2.09. The van der Waals surface area contributed by atoms with E-state index in [0.29, 0.717) is 0 Å². The molecule has 0 saturated carbocycles. The monoisotopic (exact) mass is 279 g/mol. The molecule has 5 heteroatoms. The number of hydrogen-bond donors (Lipinski definition) is 1. The van der Waals surface area contributed by atoms with Crippen LogP contribution in [0.15, 0.2) is 24.3 Å². The molecule has 19 heavy (non-hydrogen) atoms.